The number of benzene rings is 1. The minimum absolute atomic E-state index is 0.196. The molecule has 1 heteroatoms. The van der Waals surface area contributed by atoms with E-state index in [9.17, 15) is 0 Å². The summed E-state index contributed by atoms with van der Waals surface area (Å²) in [5.74, 6) is 0.831. The molecule has 0 amide bonds. The number of allylic oxidation sites excluding steroid dienone is 7. The first-order valence-electron chi connectivity index (χ1n) is 10.8. The molecule has 1 aromatic carbocycles. The first-order chi connectivity index (χ1) is 13.3. The molecule has 0 fully saturated rings. The fraction of sp³-hybridized carbons (Fsp3) is 0.481. The summed E-state index contributed by atoms with van der Waals surface area (Å²) in [6.07, 6.45) is 13.1. The highest BCUT2D eigenvalue weighted by Crippen LogP contribution is 2.31. The monoisotopic (exact) mass is 379 g/mol. The lowest BCUT2D eigenvalue weighted by Gasteiger charge is -2.24. The maximum Gasteiger partial charge on any atom is 0.00391 e. The van der Waals surface area contributed by atoms with Crippen molar-refractivity contribution in [1.82, 2.24) is 0 Å². The number of rotatable bonds is 11. The molecule has 3 unspecified atom stereocenters. The van der Waals surface area contributed by atoms with Crippen LogP contribution in [0.5, 0.6) is 0 Å². The summed E-state index contributed by atoms with van der Waals surface area (Å²) in [5.41, 5.74) is 13.2. The van der Waals surface area contributed by atoms with E-state index in [4.69, 9.17) is 5.73 Å². The van der Waals surface area contributed by atoms with Crippen LogP contribution in [0, 0.1) is 18.8 Å². The van der Waals surface area contributed by atoms with Crippen molar-refractivity contribution in [3.8, 4) is 0 Å². The molecule has 0 aliphatic rings. The Kier molecular flexibility index (Phi) is 10.9. The van der Waals surface area contributed by atoms with Gasteiger partial charge in [0.2, 0.25) is 0 Å². The standard InChI is InChI=1S/C27H41N/c1-8-12-21(4)27(17-11-16-25-15-10-14-20(3)18-25)23(6)26(13-9-2)19-22(5)24(7)28/h9-11,13-15,17-18,22-24H,2,8,12,16,19,28H2,1,3-7H3/b17-11-,26-13-,27-21-. The van der Waals surface area contributed by atoms with E-state index in [1.807, 2.05) is 6.08 Å². The smallest absolute Gasteiger partial charge is 0.00391 e. The Morgan fingerprint density at radius 2 is 1.93 bits per heavy atom. The van der Waals surface area contributed by atoms with Crippen LogP contribution >= 0.6 is 0 Å². The molecule has 28 heavy (non-hydrogen) atoms. The molecule has 3 atom stereocenters. The van der Waals surface area contributed by atoms with Crippen LogP contribution in [0.4, 0.5) is 0 Å². The first kappa shape index (κ1) is 24.2. The van der Waals surface area contributed by atoms with E-state index in [0.29, 0.717) is 11.8 Å². The lowest BCUT2D eigenvalue weighted by molar-refractivity contribution is 0.466. The van der Waals surface area contributed by atoms with Gasteiger partial charge in [0.05, 0.1) is 0 Å². The summed E-state index contributed by atoms with van der Waals surface area (Å²) in [6.45, 7) is 17.3. The maximum absolute atomic E-state index is 6.14. The Hall–Kier alpha value is -1.86. The Labute approximate surface area is 174 Å². The van der Waals surface area contributed by atoms with Crippen molar-refractivity contribution < 1.29 is 0 Å². The van der Waals surface area contributed by atoms with Crippen molar-refractivity contribution >= 4 is 0 Å². The molecule has 2 N–H and O–H groups in total. The van der Waals surface area contributed by atoms with Gasteiger partial charge in [0.15, 0.2) is 0 Å². The predicted octanol–water partition coefficient (Wildman–Crippen LogP) is 7.33. The minimum atomic E-state index is 0.196. The van der Waals surface area contributed by atoms with Gasteiger partial charge in [-0.3, -0.25) is 0 Å². The third kappa shape index (κ3) is 8.02. The Morgan fingerprint density at radius 1 is 1.21 bits per heavy atom. The van der Waals surface area contributed by atoms with E-state index in [-0.39, 0.29) is 6.04 Å². The number of hydrogen-bond acceptors (Lipinski definition) is 1. The van der Waals surface area contributed by atoms with Crippen molar-refractivity contribution in [3.05, 3.63) is 83.0 Å². The second kappa shape index (κ2) is 12.6. The molecule has 1 rings (SSSR count). The van der Waals surface area contributed by atoms with Crippen LogP contribution in [0.2, 0.25) is 0 Å². The number of nitrogens with two attached hydrogens (primary N) is 1. The number of aryl methyl sites for hydroxylation is 1. The second-order valence-electron chi connectivity index (χ2n) is 8.32. The van der Waals surface area contributed by atoms with Gasteiger partial charge >= 0.3 is 0 Å². The summed E-state index contributed by atoms with van der Waals surface area (Å²) in [7, 11) is 0. The Balaban J connectivity index is 3.10. The Bertz CT molecular complexity index is 703. The first-order valence-corrected chi connectivity index (χ1v) is 10.8. The van der Waals surface area contributed by atoms with Crippen molar-refractivity contribution in [1.29, 1.82) is 0 Å². The zero-order valence-corrected chi connectivity index (χ0v) is 19.0. The van der Waals surface area contributed by atoms with Gasteiger partial charge in [-0.05, 0) is 57.1 Å². The van der Waals surface area contributed by atoms with Gasteiger partial charge in [0, 0.05) is 12.0 Å². The van der Waals surface area contributed by atoms with E-state index >= 15 is 0 Å². The molecular weight excluding hydrogens is 338 g/mol. The molecular formula is C27H41N. The highest BCUT2D eigenvalue weighted by atomic mass is 14.6. The lowest BCUT2D eigenvalue weighted by Crippen LogP contribution is -2.25. The van der Waals surface area contributed by atoms with E-state index < -0.39 is 0 Å². The molecule has 0 saturated carbocycles. The van der Waals surface area contributed by atoms with Gasteiger partial charge < -0.3 is 5.73 Å². The van der Waals surface area contributed by atoms with E-state index in [0.717, 1.165) is 19.3 Å². The molecule has 0 aliphatic carbocycles. The molecule has 1 nitrogen and oxygen atoms in total. The summed E-state index contributed by atoms with van der Waals surface area (Å²) >= 11 is 0. The lowest BCUT2D eigenvalue weighted by atomic mass is 9.82. The van der Waals surface area contributed by atoms with Crippen LogP contribution < -0.4 is 5.73 Å². The molecule has 0 aromatic heterocycles. The third-order valence-corrected chi connectivity index (χ3v) is 5.66. The van der Waals surface area contributed by atoms with E-state index in [2.05, 4.69) is 90.6 Å². The zero-order chi connectivity index (χ0) is 21.1. The van der Waals surface area contributed by atoms with Gasteiger partial charge in [-0.2, -0.15) is 0 Å². The molecule has 0 spiro atoms. The van der Waals surface area contributed by atoms with Crippen molar-refractivity contribution in [2.24, 2.45) is 17.6 Å². The van der Waals surface area contributed by atoms with Crippen LogP contribution in [0.25, 0.3) is 0 Å². The average molecular weight is 380 g/mol. The molecule has 1 aromatic rings. The normalized spacial score (nSPS) is 16.6. The fourth-order valence-electron chi connectivity index (χ4n) is 3.63. The predicted molar refractivity (Wildman–Crippen MR) is 127 cm³/mol. The molecule has 0 saturated heterocycles. The van der Waals surface area contributed by atoms with Gasteiger partial charge in [-0.25, -0.2) is 0 Å². The van der Waals surface area contributed by atoms with Crippen LogP contribution in [-0.2, 0) is 6.42 Å². The molecule has 0 heterocycles. The fourth-order valence-corrected chi connectivity index (χ4v) is 3.63. The molecule has 154 valence electrons. The van der Waals surface area contributed by atoms with E-state index in [1.165, 1.54) is 34.3 Å². The van der Waals surface area contributed by atoms with Crippen molar-refractivity contribution in [3.63, 3.8) is 0 Å². The summed E-state index contributed by atoms with van der Waals surface area (Å²) < 4.78 is 0. The summed E-state index contributed by atoms with van der Waals surface area (Å²) in [6, 6.07) is 8.96. The quantitative estimate of drug-likeness (QED) is 0.400. The van der Waals surface area contributed by atoms with Crippen LogP contribution in [0.3, 0.4) is 0 Å². The van der Waals surface area contributed by atoms with E-state index in [1.54, 1.807) is 0 Å². The second-order valence-corrected chi connectivity index (χ2v) is 8.32. The Morgan fingerprint density at radius 3 is 2.50 bits per heavy atom. The SMILES string of the molecule is C=C/C=C(/CC(C)C(C)N)C(C)C(/C=C\Cc1cccc(C)c1)=C(/C)CCC. The van der Waals surface area contributed by atoms with Crippen molar-refractivity contribution in [2.75, 3.05) is 0 Å². The molecule has 0 aliphatic heterocycles. The van der Waals surface area contributed by atoms with Crippen LogP contribution in [0.15, 0.2) is 71.9 Å². The topological polar surface area (TPSA) is 26.0 Å². The van der Waals surface area contributed by atoms with Crippen molar-refractivity contribution in [2.45, 2.75) is 73.3 Å². The van der Waals surface area contributed by atoms with Gasteiger partial charge in [-0.1, -0.05) is 99.1 Å². The largest absolute Gasteiger partial charge is 0.328 e. The highest BCUT2D eigenvalue weighted by Gasteiger charge is 2.18. The van der Waals surface area contributed by atoms with Gasteiger partial charge in [0.1, 0.15) is 0 Å². The summed E-state index contributed by atoms with van der Waals surface area (Å²) in [5, 5.41) is 0. The maximum atomic E-state index is 6.14. The summed E-state index contributed by atoms with van der Waals surface area (Å²) in [4.78, 5) is 0. The van der Waals surface area contributed by atoms with Gasteiger partial charge in [0.25, 0.3) is 0 Å². The minimum Gasteiger partial charge on any atom is -0.328 e. The number of hydrogen-bond donors (Lipinski definition) is 1. The third-order valence-electron chi connectivity index (χ3n) is 5.66. The van der Waals surface area contributed by atoms with Crippen LogP contribution in [0.1, 0.15) is 65.0 Å². The zero-order valence-electron chi connectivity index (χ0n) is 19.0. The van der Waals surface area contributed by atoms with Gasteiger partial charge in [-0.15, -0.1) is 0 Å². The average Bonchev–Trinajstić information content (AvgIpc) is 2.64. The molecule has 0 radical (unpaired) electrons. The van der Waals surface area contributed by atoms with Crippen LogP contribution in [-0.4, -0.2) is 6.04 Å². The highest BCUT2D eigenvalue weighted by molar-refractivity contribution is 5.35. The molecule has 0 bridgehead atoms.